The van der Waals surface area contributed by atoms with Crippen LogP contribution in [0.4, 0.5) is 0 Å². The Kier molecular flexibility index (Phi) is 5.90. The van der Waals surface area contributed by atoms with E-state index in [-0.39, 0.29) is 11.5 Å². The van der Waals surface area contributed by atoms with Crippen LogP contribution in [0.15, 0.2) is 71.6 Å². The number of fused-ring (bicyclic) bond motifs is 2. The Balaban J connectivity index is 1.55. The lowest BCUT2D eigenvalue weighted by molar-refractivity contribution is 0.188. The fourth-order valence-electron chi connectivity index (χ4n) is 5.72. The first-order valence-corrected chi connectivity index (χ1v) is 13.2. The Hall–Kier alpha value is -2.83. The molecule has 0 radical (unpaired) electrons. The predicted molar refractivity (Wildman–Crippen MR) is 133 cm³/mol. The summed E-state index contributed by atoms with van der Waals surface area (Å²) in [5.41, 5.74) is 4.57. The fraction of sp³-hybridized carbons (Fsp3) is 0.357. The zero-order valence-corrected chi connectivity index (χ0v) is 20.8. The average Bonchev–Trinajstić information content (AvgIpc) is 3.21. The molecule has 5 rings (SSSR count). The molecule has 2 atom stereocenters. The molecule has 1 heterocycles. The molecule has 6 heteroatoms. The van der Waals surface area contributed by atoms with Crippen molar-refractivity contribution in [2.24, 2.45) is 5.41 Å². The molecular weight excluding hydrogens is 446 g/mol. The maximum absolute atomic E-state index is 13.8. The van der Waals surface area contributed by atoms with Gasteiger partial charge in [-0.2, -0.15) is 4.31 Å². The normalized spacial score (nSPS) is 22.1. The number of aryl methyl sites for hydroxylation is 1. The van der Waals surface area contributed by atoms with Crippen LogP contribution in [0, 0.1) is 12.3 Å². The predicted octanol–water partition coefficient (Wildman–Crippen LogP) is 4.80. The molecule has 3 aromatic carbocycles. The van der Waals surface area contributed by atoms with Gasteiger partial charge in [0.2, 0.25) is 10.0 Å². The van der Waals surface area contributed by atoms with Gasteiger partial charge in [0.1, 0.15) is 11.5 Å². The quantitative estimate of drug-likeness (QED) is 0.512. The van der Waals surface area contributed by atoms with Crippen molar-refractivity contribution in [2.45, 2.75) is 43.5 Å². The maximum atomic E-state index is 13.8. The summed E-state index contributed by atoms with van der Waals surface area (Å²) in [4.78, 5) is 0.370. The molecule has 1 saturated heterocycles. The van der Waals surface area contributed by atoms with E-state index in [1.54, 1.807) is 30.7 Å². The highest BCUT2D eigenvalue weighted by atomic mass is 32.2. The van der Waals surface area contributed by atoms with E-state index in [1.807, 2.05) is 37.3 Å². The number of hydrogen-bond acceptors (Lipinski definition) is 4. The Morgan fingerprint density at radius 3 is 2.26 bits per heavy atom. The summed E-state index contributed by atoms with van der Waals surface area (Å²) in [6.45, 7) is 2.50. The van der Waals surface area contributed by atoms with Crippen molar-refractivity contribution in [1.29, 1.82) is 0 Å². The highest BCUT2D eigenvalue weighted by molar-refractivity contribution is 7.89. The Morgan fingerprint density at radius 2 is 1.59 bits per heavy atom. The van der Waals surface area contributed by atoms with Crippen LogP contribution in [0.3, 0.4) is 0 Å². The van der Waals surface area contributed by atoms with Crippen molar-refractivity contribution in [2.75, 3.05) is 20.8 Å². The van der Waals surface area contributed by atoms with Crippen LogP contribution >= 0.6 is 0 Å². The third kappa shape index (κ3) is 3.99. The molecule has 1 aliphatic carbocycles. The van der Waals surface area contributed by atoms with Gasteiger partial charge in [0.25, 0.3) is 0 Å². The summed E-state index contributed by atoms with van der Waals surface area (Å²) in [7, 11) is -0.267. The molecule has 2 aliphatic rings. The Bertz CT molecular complexity index is 1280. The van der Waals surface area contributed by atoms with Gasteiger partial charge in [0.05, 0.1) is 19.1 Å². The molecule has 5 nitrogen and oxygen atoms in total. The molecule has 0 bridgehead atoms. The van der Waals surface area contributed by atoms with Gasteiger partial charge in [-0.15, -0.1) is 0 Å². The van der Waals surface area contributed by atoms with E-state index in [1.165, 1.54) is 16.7 Å². The first-order chi connectivity index (χ1) is 16.3. The summed E-state index contributed by atoms with van der Waals surface area (Å²) in [6, 6.07) is 21.5. The van der Waals surface area contributed by atoms with Gasteiger partial charge in [0.15, 0.2) is 0 Å². The van der Waals surface area contributed by atoms with Gasteiger partial charge >= 0.3 is 0 Å². The van der Waals surface area contributed by atoms with Gasteiger partial charge in [-0.3, -0.25) is 0 Å². The molecule has 34 heavy (non-hydrogen) atoms. The van der Waals surface area contributed by atoms with Gasteiger partial charge < -0.3 is 9.47 Å². The largest absolute Gasteiger partial charge is 0.497 e. The van der Waals surface area contributed by atoms with Gasteiger partial charge in [0, 0.05) is 12.6 Å². The molecule has 1 fully saturated rings. The molecule has 0 spiro atoms. The molecule has 0 aromatic heterocycles. The second-order valence-corrected chi connectivity index (χ2v) is 11.5. The molecule has 0 N–H and O–H groups in total. The van der Waals surface area contributed by atoms with Crippen LogP contribution in [0.25, 0.3) is 0 Å². The second kappa shape index (κ2) is 8.75. The van der Waals surface area contributed by atoms with E-state index in [4.69, 9.17) is 9.47 Å². The highest BCUT2D eigenvalue weighted by Gasteiger charge is 2.53. The number of rotatable bonds is 6. The number of ether oxygens (including phenoxy) is 2. The maximum Gasteiger partial charge on any atom is 0.243 e. The molecular formula is C28H31NO4S. The van der Waals surface area contributed by atoms with Crippen LogP contribution in [0.1, 0.15) is 28.7 Å². The van der Waals surface area contributed by atoms with Crippen molar-refractivity contribution < 1.29 is 17.9 Å². The smallest absolute Gasteiger partial charge is 0.243 e. The number of hydrogen-bond donors (Lipinski definition) is 0. The van der Waals surface area contributed by atoms with Crippen molar-refractivity contribution >= 4 is 10.0 Å². The lowest BCUT2D eigenvalue weighted by Gasteiger charge is -2.42. The minimum Gasteiger partial charge on any atom is -0.497 e. The molecule has 178 valence electrons. The summed E-state index contributed by atoms with van der Waals surface area (Å²) in [5, 5.41) is 0. The minimum absolute atomic E-state index is 0.111. The van der Waals surface area contributed by atoms with E-state index in [0.717, 1.165) is 36.3 Å². The highest BCUT2D eigenvalue weighted by Crippen LogP contribution is 2.50. The lowest BCUT2D eigenvalue weighted by Crippen LogP contribution is -2.48. The van der Waals surface area contributed by atoms with Crippen LogP contribution in [-0.4, -0.2) is 39.5 Å². The van der Waals surface area contributed by atoms with E-state index >= 15 is 0 Å². The van der Waals surface area contributed by atoms with Crippen molar-refractivity contribution in [3.05, 3.63) is 89.0 Å². The fourth-order valence-corrected chi connectivity index (χ4v) is 7.43. The third-order valence-electron chi connectivity index (χ3n) is 7.60. The van der Waals surface area contributed by atoms with Crippen molar-refractivity contribution in [3.8, 4) is 11.5 Å². The summed E-state index contributed by atoms with van der Waals surface area (Å²) in [6.07, 6.45) is 3.20. The Morgan fingerprint density at radius 1 is 0.912 bits per heavy atom. The average molecular weight is 478 g/mol. The van der Waals surface area contributed by atoms with E-state index in [2.05, 4.69) is 24.3 Å². The summed E-state index contributed by atoms with van der Waals surface area (Å²) in [5.74, 6) is 1.64. The minimum atomic E-state index is -3.60. The van der Waals surface area contributed by atoms with Crippen LogP contribution in [0.5, 0.6) is 11.5 Å². The Labute approximate surface area is 202 Å². The summed E-state index contributed by atoms with van der Waals surface area (Å²) >= 11 is 0. The lowest BCUT2D eigenvalue weighted by atomic mass is 9.65. The SMILES string of the molecule is COc1ccc(C[C@@]23CCN(S(=O)(=O)c4ccc(C)cc4)[C@@H]2Cc2cc(OC)ccc2C3)cc1. The van der Waals surface area contributed by atoms with E-state index in [0.29, 0.717) is 17.9 Å². The summed E-state index contributed by atoms with van der Waals surface area (Å²) < 4.78 is 40.2. The monoisotopic (exact) mass is 477 g/mol. The molecule has 0 saturated carbocycles. The zero-order chi connectivity index (χ0) is 23.9. The first-order valence-electron chi connectivity index (χ1n) is 11.7. The standard InChI is InChI=1S/C28H31NO4S/c1-20-4-12-26(13-5-20)34(30,31)29-15-14-28(18-21-6-9-24(32-2)10-7-21)19-22-8-11-25(33-3)16-23(22)17-27(28)29/h4-13,16,27H,14-15,17-19H2,1-3H3/t27-,28-/m1/s1. The zero-order valence-electron chi connectivity index (χ0n) is 20.0. The van der Waals surface area contributed by atoms with Crippen LogP contribution < -0.4 is 9.47 Å². The van der Waals surface area contributed by atoms with Gasteiger partial charge in [-0.05, 0) is 91.1 Å². The first kappa shape index (κ1) is 22.9. The number of sulfonamides is 1. The van der Waals surface area contributed by atoms with Crippen molar-refractivity contribution in [3.63, 3.8) is 0 Å². The number of methoxy groups -OCH3 is 2. The molecule has 0 unspecified atom stereocenters. The number of nitrogens with zero attached hydrogens (tertiary/aromatic N) is 1. The molecule has 1 aliphatic heterocycles. The molecule has 0 amide bonds. The van der Waals surface area contributed by atoms with Crippen LogP contribution in [-0.2, 0) is 29.3 Å². The molecule has 3 aromatic rings. The third-order valence-corrected chi connectivity index (χ3v) is 9.52. The van der Waals surface area contributed by atoms with Crippen LogP contribution in [0.2, 0.25) is 0 Å². The van der Waals surface area contributed by atoms with Gasteiger partial charge in [-0.1, -0.05) is 35.9 Å². The number of benzene rings is 3. The van der Waals surface area contributed by atoms with E-state index < -0.39 is 10.0 Å². The topological polar surface area (TPSA) is 55.8 Å². The van der Waals surface area contributed by atoms with Crippen molar-refractivity contribution in [1.82, 2.24) is 4.31 Å². The van der Waals surface area contributed by atoms with E-state index in [9.17, 15) is 8.42 Å². The second-order valence-electron chi connectivity index (χ2n) is 9.60. The van der Waals surface area contributed by atoms with Gasteiger partial charge in [-0.25, -0.2) is 8.42 Å².